The van der Waals surface area contributed by atoms with Gasteiger partial charge in [0.05, 0.1) is 33.8 Å². The molecule has 0 atom stereocenters. The molecule has 0 saturated carbocycles. The Morgan fingerprint density at radius 1 is 0.872 bits per heavy atom. The molecule has 6 aromatic rings. The largest absolute Gasteiger partial charge is 0.355 e. The van der Waals surface area contributed by atoms with Crippen molar-refractivity contribution in [2.75, 3.05) is 7.05 Å². The molecule has 3 heterocycles. The number of halogens is 1. The van der Waals surface area contributed by atoms with Crippen molar-refractivity contribution in [1.29, 1.82) is 0 Å². The normalized spacial score (nSPS) is 11.5. The van der Waals surface area contributed by atoms with Crippen LogP contribution in [0.5, 0.6) is 0 Å². The van der Waals surface area contributed by atoms with Crippen molar-refractivity contribution < 1.29 is 9.18 Å². The monoisotopic (exact) mass is 523 g/mol. The van der Waals surface area contributed by atoms with E-state index in [4.69, 9.17) is 4.98 Å². The maximum atomic E-state index is 14.7. The SMILES string of the molecule is CNC(=O)c1ccc(-c2ccc3c(c2)nc(-c2cnc(C)n2C)n3-c2ccc3c(c2)n(C)c(=O)n3C)cc1F. The number of imidazole rings is 3. The fraction of sp³-hybridized carbons (Fsp3) is 0.172. The second-order valence-corrected chi connectivity index (χ2v) is 9.57. The summed E-state index contributed by atoms with van der Waals surface area (Å²) in [5.41, 5.74) is 6.15. The van der Waals surface area contributed by atoms with Gasteiger partial charge in [-0.05, 0) is 60.5 Å². The first kappa shape index (κ1) is 24.4. The summed E-state index contributed by atoms with van der Waals surface area (Å²) < 4.78 is 22.0. The molecule has 196 valence electrons. The van der Waals surface area contributed by atoms with Crippen LogP contribution in [0.3, 0.4) is 0 Å². The third kappa shape index (κ3) is 3.67. The van der Waals surface area contributed by atoms with E-state index in [9.17, 15) is 14.0 Å². The number of nitrogens with zero attached hydrogens (tertiary/aromatic N) is 6. The number of carbonyl (C=O) groups excluding carboxylic acids is 1. The third-order valence-corrected chi connectivity index (χ3v) is 7.39. The highest BCUT2D eigenvalue weighted by Gasteiger charge is 2.20. The third-order valence-electron chi connectivity index (χ3n) is 7.39. The lowest BCUT2D eigenvalue weighted by Crippen LogP contribution is -2.19. The van der Waals surface area contributed by atoms with E-state index < -0.39 is 11.7 Å². The van der Waals surface area contributed by atoms with Crippen molar-refractivity contribution in [3.8, 4) is 28.3 Å². The van der Waals surface area contributed by atoms with Crippen LogP contribution in [-0.4, -0.2) is 41.2 Å². The minimum atomic E-state index is -0.592. The Bertz CT molecular complexity index is 2010. The number of rotatable bonds is 4. The van der Waals surface area contributed by atoms with Crippen molar-refractivity contribution in [3.05, 3.63) is 88.5 Å². The summed E-state index contributed by atoms with van der Waals surface area (Å²) >= 11 is 0. The number of hydrogen-bond donors (Lipinski definition) is 1. The highest BCUT2D eigenvalue weighted by molar-refractivity contribution is 5.95. The molecule has 0 aliphatic heterocycles. The van der Waals surface area contributed by atoms with Crippen LogP contribution < -0.4 is 11.0 Å². The molecule has 10 heteroatoms. The number of fused-ring (bicyclic) bond motifs is 2. The molecule has 0 spiro atoms. The first-order valence-electron chi connectivity index (χ1n) is 12.4. The Hall–Kier alpha value is -4.99. The second kappa shape index (κ2) is 8.80. The van der Waals surface area contributed by atoms with Crippen LogP contribution in [0.1, 0.15) is 16.2 Å². The van der Waals surface area contributed by atoms with Gasteiger partial charge in [-0.1, -0.05) is 12.1 Å². The van der Waals surface area contributed by atoms with E-state index in [1.807, 2.05) is 59.5 Å². The van der Waals surface area contributed by atoms with E-state index in [-0.39, 0.29) is 11.3 Å². The van der Waals surface area contributed by atoms with Crippen LogP contribution in [0, 0.1) is 12.7 Å². The van der Waals surface area contributed by atoms with Gasteiger partial charge < -0.3 is 9.88 Å². The lowest BCUT2D eigenvalue weighted by molar-refractivity contribution is 0.0959. The molecular formula is C29H26FN7O2. The summed E-state index contributed by atoms with van der Waals surface area (Å²) in [7, 11) is 6.92. The zero-order valence-corrected chi connectivity index (χ0v) is 22.2. The number of carbonyl (C=O) groups is 1. The average molecular weight is 524 g/mol. The first-order chi connectivity index (χ1) is 18.7. The van der Waals surface area contributed by atoms with E-state index in [1.54, 1.807) is 35.5 Å². The van der Waals surface area contributed by atoms with Gasteiger partial charge >= 0.3 is 5.69 Å². The molecule has 6 rings (SSSR count). The van der Waals surface area contributed by atoms with Crippen molar-refractivity contribution in [1.82, 2.24) is 33.6 Å². The van der Waals surface area contributed by atoms with E-state index in [0.29, 0.717) is 16.9 Å². The Morgan fingerprint density at radius 3 is 2.26 bits per heavy atom. The highest BCUT2D eigenvalue weighted by Crippen LogP contribution is 2.33. The van der Waals surface area contributed by atoms with Crippen LogP contribution in [0.25, 0.3) is 50.4 Å². The number of aromatic nitrogens is 6. The molecule has 3 aromatic heterocycles. The fourth-order valence-electron chi connectivity index (χ4n) is 5.05. The van der Waals surface area contributed by atoms with Gasteiger partial charge in [0.1, 0.15) is 17.3 Å². The smallest absolute Gasteiger partial charge is 0.328 e. The van der Waals surface area contributed by atoms with Gasteiger partial charge in [0.2, 0.25) is 0 Å². The van der Waals surface area contributed by atoms with Crippen LogP contribution in [-0.2, 0) is 21.1 Å². The predicted octanol–water partition coefficient (Wildman–Crippen LogP) is 4.09. The summed E-state index contributed by atoms with van der Waals surface area (Å²) in [6.07, 6.45) is 1.79. The summed E-state index contributed by atoms with van der Waals surface area (Å²) in [5.74, 6) is 0.464. The van der Waals surface area contributed by atoms with E-state index in [1.165, 1.54) is 19.2 Å². The summed E-state index contributed by atoms with van der Waals surface area (Å²) in [4.78, 5) is 33.9. The molecule has 0 fully saturated rings. The molecule has 0 aliphatic carbocycles. The van der Waals surface area contributed by atoms with E-state index >= 15 is 0 Å². The van der Waals surface area contributed by atoms with Crippen molar-refractivity contribution in [2.45, 2.75) is 6.92 Å². The maximum absolute atomic E-state index is 14.7. The van der Waals surface area contributed by atoms with Gasteiger partial charge in [-0.2, -0.15) is 0 Å². The quantitative estimate of drug-likeness (QED) is 0.377. The minimum Gasteiger partial charge on any atom is -0.355 e. The zero-order chi connectivity index (χ0) is 27.6. The molecule has 0 aliphatic rings. The number of benzene rings is 3. The first-order valence-corrected chi connectivity index (χ1v) is 12.4. The molecule has 0 bridgehead atoms. The standard InChI is InChI=1S/C29H26FN7O2/c1-16-32-15-26(34(16)3)27-33-22-13-18(17-6-9-20(21(30)12-17)28(38)31-2)7-10-23(22)37(27)19-8-11-24-25(14-19)36(5)29(39)35(24)4/h6-15H,1-5H3,(H,31,38). The molecule has 0 saturated heterocycles. The Morgan fingerprint density at radius 2 is 1.56 bits per heavy atom. The number of amides is 1. The lowest BCUT2D eigenvalue weighted by Gasteiger charge is -2.11. The van der Waals surface area contributed by atoms with Gasteiger partial charge in [-0.3, -0.25) is 18.5 Å². The zero-order valence-electron chi connectivity index (χ0n) is 22.2. The Balaban J connectivity index is 1.58. The van der Waals surface area contributed by atoms with E-state index in [2.05, 4.69) is 10.3 Å². The number of aryl methyl sites for hydroxylation is 3. The Kier molecular flexibility index (Phi) is 5.49. The molecule has 0 unspecified atom stereocenters. The van der Waals surface area contributed by atoms with Gasteiger partial charge in [0.15, 0.2) is 5.82 Å². The van der Waals surface area contributed by atoms with Crippen LogP contribution in [0.15, 0.2) is 65.6 Å². The molecule has 9 nitrogen and oxygen atoms in total. The van der Waals surface area contributed by atoms with Crippen LogP contribution >= 0.6 is 0 Å². The topological polar surface area (TPSA) is 91.7 Å². The number of hydrogen-bond acceptors (Lipinski definition) is 4. The fourth-order valence-corrected chi connectivity index (χ4v) is 5.05. The van der Waals surface area contributed by atoms with Gasteiger partial charge in [0.25, 0.3) is 5.91 Å². The summed E-state index contributed by atoms with van der Waals surface area (Å²) in [6, 6.07) is 16.2. The number of nitrogens with one attached hydrogen (secondary N) is 1. The van der Waals surface area contributed by atoms with Crippen molar-refractivity contribution in [3.63, 3.8) is 0 Å². The maximum Gasteiger partial charge on any atom is 0.328 e. The Labute approximate surface area is 222 Å². The van der Waals surface area contributed by atoms with E-state index in [0.717, 1.165) is 39.3 Å². The van der Waals surface area contributed by atoms with Crippen LogP contribution in [0.4, 0.5) is 4.39 Å². The summed E-state index contributed by atoms with van der Waals surface area (Å²) in [5, 5.41) is 2.45. The van der Waals surface area contributed by atoms with Gasteiger partial charge in [0, 0.05) is 33.9 Å². The molecule has 0 radical (unpaired) electrons. The average Bonchev–Trinajstić information content (AvgIpc) is 3.55. The predicted molar refractivity (Wildman–Crippen MR) is 149 cm³/mol. The summed E-state index contributed by atoms with van der Waals surface area (Å²) in [6.45, 7) is 1.93. The molecule has 1 N–H and O–H groups in total. The molecular weight excluding hydrogens is 497 g/mol. The molecule has 39 heavy (non-hydrogen) atoms. The van der Waals surface area contributed by atoms with Gasteiger partial charge in [-0.25, -0.2) is 19.2 Å². The van der Waals surface area contributed by atoms with Crippen molar-refractivity contribution >= 4 is 28.0 Å². The van der Waals surface area contributed by atoms with Crippen LogP contribution in [0.2, 0.25) is 0 Å². The molecule has 3 aromatic carbocycles. The van der Waals surface area contributed by atoms with Gasteiger partial charge in [-0.15, -0.1) is 0 Å². The minimum absolute atomic E-state index is 0.00817. The molecule has 1 amide bonds. The highest BCUT2D eigenvalue weighted by atomic mass is 19.1. The van der Waals surface area contributed by atoms with Crippen molar-refractivity contribution in [2.24, 2.45) is 21.1 Å². The lowest BCUT2D eigenvalue weighted by atomic mass is 10.0. The second-order valence-electron chi connectivity index (χ2n) is 9.57.